The Morgan fingerprint density at radius 1 is 1.06 bits per heavy atom. The number of carbonyl (C=O) groups is 3. The van der Waals surface area contributed by atoms with Crippen molar-refractivity contribution in [2.24, 2.45) is 0 Å². The quantitative estimate of drug-likeness (QED) is 0.537. The highest BCUT2D eigenvalue weighted by molar-refractivity contribution is 6.09. The Hall–Kier alpha value is -3.94. The number of aromatic nitrogens is 2. The minimum absolute atomic E-state index is 0.171. The van der Waals surface area contributed by atoms with Gasteiger partial charge in [0.1, 0.15) is 11.5 Å². The molecule has 33 heavy (non-hydrogen) atoms. The number of fused-ring (bicyclic) bond motifs is 1. The molecule has 0 radical (unpaired) electrons. The molecule has 1 aromatic heterocycles. The summed E-state index contributed by atoms with van der Waals surface area (Å²) in [4.78, 5) is 40.6. The summed E-state index contributed by atoms with van der Waals surface area (Å²) in [5.41, 5.74) is 2.63. The molecule has 2 heterocycles. The van der Waals surface area contributed by atoms with Crippen molar-refractivity contribution in [3.05, 3.63) is 71.0 Å². The van der Waals surface area contributed by atoms with Gasteiger partial charge in [0, 0.05) is 16.8 Å². The molecule has 170 valence electrons. The molecule has 1 aliphatic rings. The van der Waals surface area contributed by atoms with E-state index >= 15 is 0 Å². The molecule has 8 nitrogen and oxygen atoms in total. The van der Waals surface area contributed by atoms with Gasteiger partial charge in [-0.15, -0.1) is 0 Å². The minimum Gasteiger partial charge on any atom is -0.497 e. The number of carbonyl (C=O) groups excluding carboxylic acids is 3. The average Bonchev–Trinajstić information content (AvgIpc) is 3.17. The number of ether oxygens (including phenoxy) is 2. The maximum Gasteiger partial charge on any atom is 0.278 e. The number of Topliss-reactive ketones (excluding diaryl/α,β-unsaturated/α-hetero) is 1. The largest absolute Gasteiger partial charge is 0.497 e. The van der Waals surface area contributed by atoms with Crippen molar-refractivity contribution in [1.82, 2.24) is 9.78 Å². The highest BCUT2D eigenvalue weighted by Crippen LogP contribution is 2.36. The zero-order valence-electron chi connectivity index (χ0n) is 19.0. The zero-order chi connectivity index (χ0) is 23.7. The van der Waals surface area contributed by atoms with E-state index in [1.807, 2.05) is 19.9 Å². The lowest BCUT2D eigenvalue weighted by Gasteiger charge is -2.34. The number of anilines is 1. The predicted molar refractivity (Wildman–Crippen MR) is 122 cm³/mol. The summed E-state index contributed by atoms with van der Waals surface area (Å²) in [7, 11) is 1.55. The van der Waals surface area contributed by atoms with Gasteiger partial charge in [-0.25, -0.2) is 4.68 Å². The molecule has 0 fully saturated rings. The van der Waals surface area contributed by atoms with Crippen LogP contribution < -0.4 is 14.4 Å². The molecular formula is C25H25N3O5. The van der Waals surface area contributed by atoms with Gasteiger partial charge in [-0.05, 0) is 68.8 Å². The van der Waals surface area contributed by atoms with Crippen molar-refractivity contribution in [2.45, 2.75) is 33.3 Å². The fraction of sp³-hybridized carbons (Fsp3) is 0.280. The molecule has 8 heteroatoms. The number of benzene rings is 2. The molecule has 3 aromatic rings. The molecule has 1 amide bonds. The fourth-order valence-electron chi connectivity index (χ4n) is 3.85. The van der Waals surface area contributed by atoms with Crippen LogP contribution in [0.15, 0.2) is 48.5 Å². The van der Waals surface area contributed by atoms with Crippen LogP contribution in [0.3, 0.4) is 0 Å². The van der Waals surface area contributed by atoms with Gasteiger partial charge in [-0.3, -0.25) is 19.3 Å². The number of methoxy groups -OCH3 is 1. The predicted octanol–water partition coefficient (Wildman–Crippen LogP) is 3.58. The van der Waals surface area contributed by atoms with Crippen molar-refractivity contribution in [3.8, 4) is 11.5 Å². The third-order valence-electron chi connectivity index (χ3n) is 5.59. The third kappa shape index (κ3) is 4.24. The molecular weight excluding hydrogens is 422 g/mol. The SMILES string of the molecule is CC[C@@H]1Oc2ccc(C(=O)n3nc(C)cc3C)cc2N(CC(=O)c2ccc(OC)cc2)C1=O. The molecule has 4 rings (SSSR count). The van der Waals surface area contributed by atoms with Crippen molar-refractivity contribution in [2.75, 3.05) is 18.6 Å². The molecule has 0 bridgehead atoms. The van der Waals surface area contributed by atoms with E-state index < -0.39 is 6.10 Å². The number of hydrogen-bond acceptors (Lipinski definition) is 6. The summed E-state index contributed by atoms with van der Waals surface area (Å²) >= 11 is 0. The Morgan fingerprint density at radius 3 is 2.36 bits per heavy atom. The van der Waals surface area contributed by atoms with Crippen LogP contribution in [0.1, 0.15) is 45.4 Å². The fourth-order valence-corrected chi connectivity index (χ4v) is 3.85. The van der Waals surface area contributed by atoms with Crippen LogP contribution in [0, 0.1) is 13.8 Å². The summed E-state index contributed by atoms with van der Waals surface area (Å²) in [5, 5.41) is 4.25. The van der Waals surface area contributed by atoms with E-state index in [0.29, 0.717) is 40.4 Å². The minimum atomic E-state index is -0.696. The second-order valence-electron chi connectivity index (χ2n) is 7.92. The van der Waals surface area contributed by atoms with E-state index in [9.17, 15) is 14.4 Å². The Morgan fingerprint density at radius 2 is 1.76 bits per heavy atom. The van der Waals surface area contributed by atoms with Gasteiger partial charge in [-0.2, -0.15) is 5.10 Å². The van der Waals surface area contributed by atoms with E-state index in [-0.39, 0.29) is 24.1 Å². The van der Waals surface area contributed by atoms with E-state index in [0.717, 1.165) is 5.69 Å². The lowest BCUT2D eigenvalue weighted by Crippen LogP contribution is -2.47. The van der Waals surface area contributed by atoms with Crippen LogP contribution in [0.25, 0.3) is 0 Å². The summed E-state index contributed by atoms with van der Waals surface area (Å²) in [6, 6.07) is 13.4. The molecule has 0 spiro atoms. The molecule has 1 atom stereocenters. The number of amides is 1. The third-order valence-corrected chi connectivity index (χ3v) is 5.59. The normalized spacial score (nSPS) is 15.1. The van der Waals surface area contributed by atoms with Crippen molar-refractivity contribution >= 4 is 23.3 Å². The Kier molecular flexibility index (Phi) is 6.00. The Bertz CT molecular complexity index is 1230. The van der Waals surface area contributed by atoms with Gasteiger partial charge in [0.05, 0.1) is 25.0 Å². The molecule has 0 aliphatic carbocycles. The van der Waals surface area contributed by atoms with Gasteiger partial charge in [-0.1, -0.05) is 6.92 Å². The van der Waals surface area contributed by atoms with E-state index in [1.165, 1.54) is 9.58 Å². The molecule has 2 aromatic carbocycles. The summed E-state index contributed by atoms with van der Waals surface area (Å²) < 4.78 is 12.3. The maximum atomic E-state index is 13.1. The zero-order valence-corrected chi connectivity index (χ0v) is 19.0. The highest BCUT2D eigenvalue weighted by Gasteiger charge is 2.35. The molecule has 1 aliphatic heterocycles. The summed E-state index contributed by atoms with van der Waals surface area (Å²) in [6.45, 7) is 5.29. The number of rotatable bonds is 6. The van der Waals surface area contributed by atoms with Crippen molar-refractivity contribution in [3.63, 3.8) is 0 Å². The summed E-state index contributed by atoms with van der Waals surface area (Å²) in [6.07, 6.45) is -0.239. The topological polar surface area (TPSA) is 90.7 Å². The van der Waals surface area contributed by atoms with E-state index in [2.05, 4.69) is 5.10 Å². The lowest BCUT2D eigenvalue weighted by atomic mass is 10.1. The summed E-state index contributed by atoms with van der Waals surface area (Å²) in [5.74, 6) is 0.216. The van der Waals surface area contributed by atoms with E-state index in [4.69, 9.17) is 9.47 Å². The monoisotopic (exact) mass is 447 g/mol. The van der Waals surface area contributed by atoms with Crippen molar-refractivity contribution < 1.29 is 23.9 Å². The first-order chi connectivity index (χ1) is 15.8. The highest BCUT2D eigenvalue weighted by atomic mass is 16.5. The van der Waals surface area contributed by atoms with Crippen LogP contribution in [0.2, 0.25) is 0 Å². The van der Waals surface area contributed by atoms with Crippen LogP contribution in [-0.4, -0.2) is 47.1 Å². The first kappa shape index (κ1) is 22.3. The van der Waals surface area contributed by atoms with Crippen LogP contribution in [0.4, 0.5) is 5.69 Å². The second-order valence-corrected chi connectivity index (χ2v) is 7.92. The van der Waals surface area contributed by atoms with Crippen LogP contribution in [0.5, 0.6) is 11.5 Å². The number of nitrogens with zero attached hydrogens (tertiary/aromatic N) is 3. The Labute approximate surface area is 191 Å². The number of aryl methyl sites for hydroxylation is 2. The average molecular weight is 447 g/mol. The lowest BCUT2D eigenvalue weighted by molar-refractivity contribution is -0.126. The first-order valence-electron chi connectivity index (χ1n) is 10.7. The standard InChI is InChI=1S/C25H25N3O5/c1-5-22-25(31)27(14-21(29)17-6-9-19(32-4)10-7-17)20-13-18(8-11-23(20)33-22)24(30)28-16(3)12-15(2)26-28/h6-13,22H,5,14H2,1-4H3/t22-/m0/s1. The second kappa shape index (κ2) is 8.90. The Balaban J connectivity index is 1.69. The first-order valence-corrected chi connectivity index (χ1v) is 10.7. The van der Waals surface area contributed by atoms with Gasteiger partial charge in [0.15, 0.2) is 11.9 Å². The molecule has 0 saturated carbocycles. The number of ketones is 1. The number of hydrogen-bond donors (Lipinski definition) is 0. The molecule has 0 unspecified atom stereocenters. The van der Waals surface area contributed by atoms with Crippen LogP contribution in [-0.2, 0) is 4.79 Å². The van der Waals surface area contributed by atoms with Crippen molar-refractivity contribution in [1.29, 1.82) is 0 Å². The smallest absolute Gasteiger partial charge is 0.278 e. The van der Waals surface area contributed by atoms with Gasteiger partial charge in [0.25, 0.3) is 11.8 Å². The maximum absolute atomic E-state index is 13.1. The molecule has 0 N–H and O–H groups in total. The molecule has 0 saturated heterocycles. The van der Waals surface area contributed by atoms with Crippen LogP contribution >= 0.6 is 0 Å². The van der Waals surface area contributed by atoms with Gasteiger partial charge in [0.2, 0.25) is 0 Å². The van der Waals surface area contributed by atoms with Gasteiger partial charge >= 0.3 is 0 Å². The van der Waals surface area contributed by atoms with Gasteiger partial charge < -0.3 is 9.47 Å². The van der Waals surface area contributed by atoms with E-state index in [1.54, 1.807) is 56.5 Å².